The van der Waals surface area contributed by atoms with E-state index in [9.17, 15) is 9.18 Å². The number of halogens is 1. The number of hydrogen-bond donors (Lipinski definition) is 1. The van der Waals surface area contributed by atoms with Gasteiger partial charge in [-0.25, -0.2) is 4.39 Å². The zero-order valence-corrected chi connectivity index (χ0v) is 10.9. The van der Waals surface area contributed by atoms with Crippen molar-refractivity contribution in [1.82, 2.24) is 14.6 Å². The van der Waals surface area contributed by atoms with E-state index in [1.807, 2.05) is 20.0 Å². The molecular weight excluding hydrogens is 247 g/mol. The second-order valence-electron chi connectivity index (χ2n) is 4.05. The highest BCUT2D eigenvalue weighted by Crippen LogP contribution is 2.16. The van der Waals surface area contributed by atoms with Crippen molar-refractivity contribution in [2.75, 3.05) is 12.0 Å². The molecule has 2 aromatic rings. The number of amides is 1. The Labute approximate surface area is 110 Å². The maximum atomic E-state index is 12.3. The smallest absolute Gasteiger partial charge is 0.251 e. The molecule has 6 heteroatoms. The number of anilines is 1. The number of aryl methyl sites for hydroxylation is 1. The van der Waals surface area contributed by atoms with E-state index >= 15 is 0 Å². The lowest BCUT2D eigenvalue weighted by molar-refractivity contribution is -0.113. The number of alkyl halides is 1. The lowest BCUT2D eigenvalue weighted by atomic mass is 10.2. The van der Waals surface area contributed by atoms with Gasteiger partial charge in [0, 0.05) is 11.8 Å². The molecule has 0 fully saturated rings. The largest absolute Gasteiger partial charge is 0.319 e. The van der Waals surface area contributed by atoms with Crippen molar-refractivity contribution in [2.24, 2.45) is 0 Å². The highest BCUT2D eigenvalue weighted by Gasteiger charge is 2.11. The molecule has 0 saturated heterocycles. The average molecular weight is 262 g/mol. The van der Waals surface area contributed by atoms with E-state index in [-0.39, 0.29) is 5.91 Å². The fraction of sp³-hybridized carbons (Fsp3) is 0.308. The SMILES string of the molecule is CC/C(=C\CF)C(=O)Nc1cccn2c(C)nnc12. The van der Waals surface area contributed by atoms with Gasteiger partial charge in [0.1, 0.15) is 12.5 Å². The maximum absolute atomic E-state index is 12.3. The first kappa shape index (κ1) is 13.2. The fourth-order valence-electron chi connectivity index (χ4n) is 1.82. The second kappa shape index (κ2) is 5.60. The van der Waals surface area contributed by atoms with Crippen LogP contribution >= 0.6 is 0 Å². The Balaban J connectivity index is 2.31. The van der Waals surface area contributed by atoms with E-state index < -0.39 is 6.67 Å². The Hall–Kier alpha value is -2.24. The van der Waals surface area contributed by atoms with Gasteiger partial charge in [-0.2, -0.15) is 0 Å². The first-order valence-electron chi connectivity index (χ1n) is 6.04. The topological polar surface area (TPSA) is 59.3 Å². The fourth-order valence-corrected chi connectivity index (χ4v) is 1.82. The summed E-state index contributed by atoms with van der Waals surface area (Å²) in [6, 6.07) is 3.54. The standard InChI is InChI=1S/C13H15FN4O/c1-3-10(6-7-14)13(19)15-11-5-4-8-18-9(2)16-17-12(11)18/h4-6,8H,3,7H2,1-2H3,(H,15,19)/b10-6+. The molecular formula is C13H15FN4O. The van der Waals surface area contributed by atoms with E-state index in [0.29, 0.717) is 23.3 Å². The summed E-state index contributed by atoms with van der Waals surface area (Å²) in [6.07, 6.45) is 3.58. The number of nitrogens with zero attached hydrogens (tertiary/aromatic N) is 3. The van der Waals surface area contributed by atoms with Gasteiger partial charge in [-0.15, -0.1) is 10.2 Å². The number of carbonyl (C=O) groups is 1. The molecule has 0 aliphatic carbocycles. The number of allylic oxidation sites excluding steroid dienone is 1. The highest BCUT2D eigenvalue weighted by molar-refractivity contribution is 6.05. The summed E-state index contributed by atoms with van der Waals surface area (Å²) in [5.41, 5.74) is 1.55. The van der Waals surface area contributed by atoms with Gasteiger partial charge in [0.15, 0.2) is 5.65 Å². The predicted molar refractivity (Wildman–Crippen MR) is 70.7 cm³/mol. The molecule has 0 bridgehead atoms. The molecule has 0 unspecified atom stereocenters. The number of fused-ring (bicyclic) bond motifs is 1. The predicted octanol–water partition coefficient (Wildman–Crippen LogP) is 2.28. The van der Waals surface area contributed by atoms with Crippen LogP contribution in [-0.2, 0) is 4.79 Å². The minimum absolute atomic E-state index is 0.311. The van der Waals surface area contributed by atoms with Crippen LogP contribution in [0.25, 0.3) is 5.65 Å². The Morgan fingerprint density at radius 2 is 2.32 bits per heavy atom. The normalized spacial score (nSPS) is 11.8. The van der Waals surface area contributed by atoms with Crippen LogP contribution in [0.2, 0.25) is 0 Å². The Morgan fingerprint density at radius 1 is 1.53 bits per heavy atom. The van der Waals surface area contributed by atoms with Gasteiger partial charge in [-0.05, 0) is 31.6 Å². The molecule has 2 aromatic heterocycles. The van der Waals surface area contributed by atoms with Gasteiger partial charge in [0.05, 0.1) is 5.69 Å². The van der Waals surface area contributed by atoms with Crippen LogP contribution in [0.5, 0.6) is 0 Å². The van der Waals surface area contributed by atoms with E-state index in [4.69, 9.17) is 0 Å². The lowest BCUT2D eigenvalue weighted by Crippen LogP contribution is -2.15. The Morgan fingerprint density at radius 3 is 3.00 bits per heavy atom. The van der Waals surface area contributed by atoms with E-state index in [0.717, 1.165) is 5.82 Å². The average Bonchev–Trinajstić information content (AvgIpc) is 2.79. The molecule has 19 heavy (non-hydrogen) atoms. The molecule has 100 valence electrons. The van der Waals surface area contributed by atoms with Gasteiger partial charge in [0.25, 0.3) is 5.91 Å². The summed E-state index contributed by atoms with van der Waals surface area (Å²) in [5, 5.41) is 10.7. The number of pyridine rings is 1. The Kier molecular flexibility index (Phi) is 3.89. The van der Waals surface area contributed by atoms with Gasteiger partial charge >= 0.3 is 0 Å². The summed E-state index contributed by atoms with van der Waals surface area (Å²) in [5.74, 6) is 0.426. The van der Waals surface area contributed by atoms with Gasteiger partial charge in [-0.3, -0.25) is 9.20 Å². The maximum Gasteiger partial charge on any atom is 0.251 e. The van der Waals surface area contributed by atoms with Crippen molar-refractivity contribution in [3.63, 3.8) is 0 Å². The van der Waals surface area contributed by atoms with Crippen LogP contribution in [0.4, 0.5) is 10.1 Å². The third-order valence-corrected chi connectivity index (χ3v) is 2.85. The molecule has 0 aromatic carbocycles. The molecule has 0 radical (unpaired) electrons. The van der Waals surface area contributed by atoms with Crippen molar-refractivity contribution < 1.29 is 9.18 Å². The lowest BCUT2D eigenvalue weighted by Gasteiger charge is -2.07. The summed E-state index contributed by atoms with van der Waals surface area (Å²) in [4.78, 5) is 12.0. The van der Waals surface area contributed by atoms with E-state index in [1.54, 1.807) is 16.5 Å². The summed E-state index contributed by atoms with van der Waals surface area (Å²) < 4.78 is 14.1. The number of carbonyl (C=O) groups excluding carboxylic acids is 1. The van der Waals surface area contributed by atoms with Crippen molar-refractivity contribution >= 4 is 17.2 Å². The summed E-state index contributed by atoms with van der Waals surface area (Å²) in [6.45, 7) is 2.99. The molecule has 2 rings (SSSR count). The monoisotopic (exact) mass is 262 g/mol. The van der Waals surface area contributed by atoms with Crippen LogP contribution in [-0.4, -0.2) is 27.2 Å². The van der Waals surface area contributed by atoms with Crippen molar-refractivity contribution in [3.05, 3.63) is 35.8 Å². The number of nitrogens with one attached hydrogen (secondary N) is 1. The van der Waals surface area contributed by atoms with Crippen LogP contribution in [0.1, 0.15) is 19.2 Å². The Bertz CT molecular complexity index is 633. The third-order valence-electron chi connectivity index (χ3n) is 2.85. The molecule has 0 saturated carbocycles. The first-order chi connectivity index (χ1) is 9.17. The number of aromatic nitrogens is 3. The van der Waals surface area contributed by atoms with Crippen LogP contribution in [0.3, 0.4) is 0 Å². The third kappa shape index (κ3) is 2.62. The first-order valence-corrected chi connectivity index (χ1v) is 6.04. The summed E-state index contributed by atoms with van der Waals surface area (Å²) >= 11 is 0. The van der Waals surface area contributed by atoms with Crippen molar-refractivity contribution in [2.45, 2.75) is 20.3 Å². The van der Waals surface area contributed by atoms with Gasteiger partial charge < -0.3 is 5.32 Å². The second-order valence-corrected chi connectivity index (χ2v) is 4.05. The molecule has 1 N–H and O–H groups in total. The van der Waals surface area contributed by atoms with Gasteiger partial charge in [-0.1, -0.05) is 6.92 Å². The number of hydrogen-bond acceptors (Lipinski definition) is 3. The van der Waals surface area contributed by atoms with Crippen LogP contribution in [0.15, 0.2) is 30.0 Å². The number of rotatable bonds is 4. The zero-order chi connectivity index (χ0) is 13.8. The molecule has 2 heterocycles. The van der Waals surface area contributed by atoms with Crippen LogP contribution in [0, 0.1) is 6.92 Å². The minimum Gasteiger partial charge on any atom is -0.319 e. The quantitative estimate of drug-likeness (QED) is 0.860. The summed E-state index contributed by atoms with van der Waals surface area (Å²) in [7, 11) is 0. The van der Waals surface area contributed by atoms with Crippen molar-refractivity contribution in [1.29, 1.82) is 0 Å². The van der Waals surface area contributed by atoms with Crippen molar-refractivity contribution in [3.8, 4) is 0 Å². The molecule has 0 atom stereocenters. The van der Waals surface area contributed by atoms with E-state index in [1.165, 1.54) is 6.08 Å². The minimum atomic E-state index is -0.648. The molecule has 0 aliphatic rings. The molecule has 1 amide bonds. The van der Waals surface area contributed by atoms with E-state index in [2.05, 4.69) is 15.5 Å². The zero-order valence-electron chi connectivity index (χ0n) is 10.9. The van der Waals surface area contributed by atoms with Gasteiger partial charge in [0.2, 0.25) is 0 Å². The molecule has 5 nitrogen and oxygen atoms in total. The molecule has 0 spiro atoms. The molecule has 0 aliphatic heterocycles. The van der Waals surface area contributed by atoms with Crippen LogP contribution < -0.4 is 5.32 Å². The highest BCUT2D eigenvalue weighted by atomic mass is 19.1.